The minimum Gasteiger partial charge on any atom is -0.479 e. The van der Waals surface area contributed by atoms with Crippen LogP contribution in [0.3, 0.4) is 0 Å². The Morgan fingerprint density at radius 1 is 1.32 bits per heavy atom. The smallest absolute Gasteiger partial charge is 0.332 e. The van der Waals surface area contributed by atoms with Crippen LogP contribution in [0.1, 0.15) is 19.4 Å². The third kappa shape index (κ3) is 5.09. The van der Waals surface area contributed by atoms with Crippen LogP contribution in [0.5, 0.6) is 0 Å². The lowest BCUT2D eigenvalue weighted by molar-refractivity contribution is -0.153. The molecule has 1 rings (SSSR count). The molecule has 1 atom stereocenters. The van der Waals surface area contributed by atoms with E-state index in [-0.39, 0.29) is 12.5 Å². The molecule has 0 spiro atoms. The molecule has 5 heteroatoms. The second-order valence-electron chi connectivity index (χ2n) is 4.18. The summed E-state index contributed by atoms with van der Waals surface area (Å²) < 4.78 is 4.99. The molecule has 1 amide bonds. The van der Waals surface area contributed by atoms with Gasteiger partial charge in [-0.25, -0.2) is 4.79 Å². The second kappa shape index (κ2) is 7.53. The van der Waals surface area contributed by atoms with Gasteiger partial charge < -0.3 is 14.7 Å². The zero-order valence-corrected chi connectivity index (χ0v) is 11.2. The summed E-state index contributed by atoms with van der Waals surface area (Å²) in [6.07, 6.45) is -0.973. The molecule has 1 aromatic rings. The normalized spacial score (nSPS) is 11.9. The Bertz CT molecular complexity index is 419. The first kappa shape index (κ1) is 15.2. The molecule has 1 aromatic carbocycles. The summed E-state index contributed by atoms with van der Waals surface area (Å²) in [5, 5.41) is 8.68. The summed E-state index contributed by atoms with van der Waals surface area (Å²) in [6, 6.07) is 9.62. The summed E-state index contributed by atoms with van der Waals surface area (Å²) in [6.45, 7) is 4.12. The second-order valence-corrected chi connectivity index (χ2v) is 4.18. The van der Waals surface area contributed by atoms with E-state index in [0.717, 1.165) is 5.56 Å². The highest BCUT2D eigenvalue weighted by molar-refractivity contribution is 5.78. The lowest BCUT2D eigenvalue weighted by Crippen LogP contribution is -2.35. The predicted molar refractivity (Wildman–Crippen MR) is 70.6 cm³/mol. The Labute approximate surface area is 112 Å². The van der Waals surface area contributed by atoms with Crippen LogP contribution in [-0.4, -0.2) is 41.1 Å². The number of benzene rings is 1. The van der Waals surface area contributed by atoms with Crippen LogP contribution >= 0.6 is 0 Å². The number of rotatable bonds is 7. The molecule has 104 valence electrons. The molecule has 5 nitrogen and oxygen atoms in total. The Morgan fingerprint density at radius 2 is 1.95 bits per heavy atom. The van der Waals surface area contributed by atoms with Crippen molar-refractivity contribution in [2.45, 2.75) is 26.5 Å². The number of ether oxygens (including phenoxy) is 1. The fourth-order valence-corrected chi connectivity index (χ4v) is 1.54. The number of carbonyl (C=O) groups excluding carboxylic acids is 1. The van der Waals surface area contributed by atoms with Gasteiger partial charge in [0, 0.05) is 13.1 Å². The van der Waals surface area contributed by atoms with Gasteiger partial charge in [0.15, 0.2) is 6.10 Å². The lowest BCUT2D eigenvalue weighted by atomic mass is 10.2. The number of aliphatic carboxylic acids is 1. The van der Waals surface area contributed by atoms with E-state index in [1.807, 2.05) is 37.3 Å². The van der Waals surface area contributed by atoms with Gasteiger partial charge in [-0.1, -0.05) is 30.3 Å². The van der Waals surface area contributed by atoms with Gasteiger partial charge in [-0.3, -0.25) is 4.79 Å². The van der Waals surface area contributed by atoms with Crippen molar-refractivity contribution in [2.75, 3.05) is 13.2 Å². The van der Waals surface area contributed by atoms with E-state index in [1.54, 1.807) is 4.90 Å². The maximum Gasteiger partial charge on any atom is 0.332 e. The van der Waals surface area contributed by atoms with Gasteiger partial charge in [-0.2, -0.15) is 0 Å². The zero-order chi connectivity index (χ0) is 14.3. The highest BCUT2D eigenvalue weighted by atomic mass is 16.5. The molecule has 19 heavy (non-hydrogen) atoms. The number of hydrogen-bond acceptors (Lipinski definition) is 3. The molecule has 0 bridgehead atoms. The average molecular weight is 265 g/mol. The first-order valence-corrected chi connectivity index (χ1v) is 6.20. The standard InChI is InChI=1S/C14H19NO4/c1-3-15(9-12-7-5-4-6-8-12)13(16)10-19-11(2)14(17)18/h4-8,11H,3,9-10H2,1-2H3,(H,17,18)/t11-/m1/s1. The lowest BCUT2D eigenvalue weighted by Gasteiger charge is -2.21. The molecule has 1 N–H and O–H groups in total. The number of amides is 1. The topological polar surface area (TPSA) is 66.8 Å². The van der Waals surface area contributed by atoms with E-state index in [9.17, 15) is 9.59 Å². The van der Waals surface area contributed by atoms with Gasteiger partial charge >= 0.3 is 5.97 Å². The Balaban J connectivity index is 2.50. The van der Waals surface area contributed by atoms with Gasteiger partial charge in [0.1, 0.15) is 6.61 Å². The van der Waals surface area contributed by atoms with Crippen LogP contribution in [0, 0.1) is 0 Å². The molecular weight excluding hydrogens is 246 g/mol. The SMILES string of the molecule is CCN(Cc1ccccc1)C(=O)CO[C@H](C)C(=O)O. The first-order chi connectivity index (χ1) is 9.04. The Hall–Kier alpha value is -1.88. The van der Waals surface area contributed by atoms with Crippen LogP contribution in [0.2, 0.25) is 0 Å². The summed E-state index contributed by atoms with van der Waals surface area (Å²) in [7, 11) is 0. The number of likely N-dealkylation sites (N-methyl/N-ethyl adjacent to an activating group) is 1. The van der Waals surface area contributed by atoms with Crippen molar-refractivity contribution in [2.24, 2.45) is 0 Å². The number of carboxylic acid groups (broad SMARTS) is 1. The van der Waals surface area contributed by atoms with Gasteiger partial charge in [-0.05, 0) is 19.4 Å². The van der Waals surface area contributed by atoms with Gasteiger partial charge in [-0.15, -0.1) is 0 Å². The van der Waals surface area contributed by atoms with E-state index in [1.165, 1.54) is 6.92 Å². The maximum atomic E-state index is 11.9. The van der Waals surface area contributed by atoms with E-state index < -0.39 is 12.1 Å². The average Bonchev–Trinajstić information content (AvgIpc) is 2.42. The third-order valence-electron chi connectivity index (χ3n) is 2.76. The quantitative estimate of drug-likeness (QED) is 0.811. The molecular formula is C14H19NO4. The fraction of sp³-hybridized carbons (Fsp3) is 0.429. The predicted octanol–water partition coefficient (Wildman–Crippen LogP) is 1.52. The monoisotopic (exact) mass is 265 g/mol. The van der Waals surface area contributed by atoms with Gasteiger partial charge in [0.25, 0.3) is 0 Å². The Kier molecular flexibility index (Phi) is 6.02. The van der Waals surface area contributed by atoms with Crippen molar-refractivity contribution in [3.63, 3.8) is 0 Å². The van der Waals surface area contributed by atoms with E-state index in [4.69, 9.17) is 9.84 Å². The van der Waals surface area contributed by atoms with Crippen LogP contribution in [0.15, 0.2) is 30.3 Å². The number of carbonyl (C=O) groups is 2. The van der Waals surface area contributed by atoms with Crippen LogP contribution in [-0.2, 0) is 20.9 Å². The van der Waals surface area contributed by atoms with Crippen LogP contribution < -0.4 is 0 Å². The molecule has 0 saturated carbocycles. The van der Waals surface area contributed by atoms with E-state index >= 15 is 0 Å². The summed E-state index contributed by atoms with van der Waals surface area (Å²) >= 11 is 0. The Morgan fingerprint density at radius 3 is 2.47 bits per heavy atom. The van der Waals surface area contributed by atoms with Crippen molar-refractivity contribution in [3.8, 4) is 0 Å². The minimum absolute atomic E-state index is 0.209. The molecule has 0 radical (unpaired) electrons. The van der Waals surface area contributed by atoms with Gasteiger partial charge in [0.2, 0.25) is 5.91 Å². The third-order valence-corrected chi connectivity index (χ3v) is 2.76. The number of carboxylic acids is 1. The molecule has 0 aliphatic rings. The van der Waals surface area contributed by atoms with Crippen molar-refractivity contribution in [3.05, 3.63) is 35.9 Å². The van der Waals surface area contributed by atoms with Crippen molar-refractivity contribution in [1.82, 2.24) is 4.90 Å². The molecule has 0 saturated heterocycles. The molecule has 0 aliphatic heterocycles. The summed E-state index contributed by atoms with van der Waals surface area (Å²) in [5.74, 6) is -1.28. The van der Waals surface area contributed by atoms with Crippen LogP contribution in [0.25, 0.3) is 0 Å². The fourth-order valence-electron chi connectivity index (χ4n) is 1.54. The van der Waals surface area contributed by atoms with Crippen molar-refractivity contribution < 1.29 is 19.4 Å². The molecule has 0 unspecified atom stereocenters. The molecule has 0 fully saturated rings. The summed E-state index contributed by atoms with van der Waals surface area (Å²) in [5.41, 5.74) is 1.03. The molecule has 0 aliphatic carbocycles. The largest absolute Gasteiger partial charge is 0.479 e. The van der Waals surface area contributed by atoms with Crippen LogP contribution in [0.4, 0.5) is 0 Å². The number of hydrogen-bond donors (Lipinski definition) is 1. The highest BCUT2D eigenvalue weighted by Gasteiger charge is 2.17. The van der Waals surface area contributed by atoms with Crippen molar-refractivity contribution >= 4 is 11.9 Å². The van der Waals surface area contributed by atoms with E-state index in [0.29, 0.717) is 13.1 Å². The highest BCUT2D eigenvalue weighted by Crippen LogP contribution is 2.05. The zero-order valence-electron chi connectivity index (χ0n) is 11.2. The van der Waals surface area contributed by atoms with E-state index in [2.05, 4.69) is 0 Å². The first-order valence-electron chi connectivity index (χ1n) is 6.20. The minimum atomic E-state index is -1.07. The molecule has 0 heterocycles. The van der Waals surface area contributed by atoms with Gasteiger partial charge in [0.05, 0.1) is 0 Å². The number of nitrogens with zero attached hydrogens (tertiary/aromatic N) is 1. The summed E-state index contributed by atoms with van der Waals surface area (Å²) in [4.78, 5) is 24.1. The molecule has 0 aromatic heterocycles. The van der Waals surface area contributed by atoms with Crippen molar-refractivity contribution in [1.29, 1.82) is 0 Å². The maximum absolute atomic E-state index is 11.9.